The Balaban J connectivity index is 1.76. The van der Waals surface area contributed by atoms with Crippen molar-refractivity contribution < 1.29 is 0 Å². The molecule has 4 heteroatoms. The van der Waals surface area contributed by atoms with Crippen LogP contribution in [0.5, 0.6) is 0 Å². The second-order valence-corrected chi connectivity index (χ2v) is 4.94. The first-order valence-electron chi connectivity index (χ1n) is 6.87. The van der Waals surface area contributed by atoms with Gasteiger partial charge in [0.2, 0.25) is 0 Å². The van der Waals surface area contributed by atoms with E-state index in [1.54, 1.807) is 12.4 Å². The monoisotopic (exact) mass is 254 g/mol. The molecule has 1 N–H and O–H groups in total. The first kappa shape index (κ1) is 12.2. The third-order valence-electron chi connectivity index (χ3n) is 3.52. The zero-order valence-electron chi connectivity index (χ0n) is 10.9. The van der Waals surface area contributed by atoms with Crippen molar-refractivity contribution >= 4 is 0 Å². The summed E-state index contributed by atoms with van der Waals surface area (Å²) in [5.41, 5.74) is 2.07. The van der Waals surface area contributed by atoms with Crippen LogP contribution in [-0.4, -0.2) is 27.5 Å². The Hall–Kier alpha value is -1.81. The highest BCUT2D eigenvalue weighted by Gasteiger charge is 2.14. The number of hydrogen-bond acceptors (Lipinski definition) is 4. The summed E-state index contributed by atoms with van der Waals surface area (Å²) in [5, 5.41) is 3.54. The topological polar surface area (TPSA) is 50.7 Å². The van der Waals surface area contributed by atoms with Crippen LogP contribution in [0.4, 0.5) is 0 Å². The highest BCUT2D eigenvalue weighted by atomic mass is 14.9. The molecule has 3 rings (SSSR count). The van der Waals surface area contributed by atoms with Crippen LogP contribution in [0.25, 0.3) is 11.3 Å². The largest absolute Gasteiger partial charge is 0.314 e. The molecule has 19 heavy (non-hydrogen) atoms. The summed E-state index contributed by atoms with van der Waals surface area (Å²) >= 11 is 0. The highest BCUT2D eigenvalue weighted by molar-refractivity contribution is 5.57. The minimum absolute atomic E-state index is 0.529. The first-order valence-corrected chi connectivity index (χ1v) is 6.87. The summed E-state index contributed by atoms with van der Waals surface area (Å²) in [5.74, 6) is 0.925. The molecule has 1 aliphatic rings. The molecule has 1 saturated heterocycles. The van der Waals surface area contributed by atoms with Gasteiger partial charge < -0.3 is 5.32 Å². The van der Waals surface area contributed by atoms with Crippen LogP contribution in [0.15, 0.2) is 36.8 Å². The normalized spacial score (nSPS) is 19.3. The van der Waals surface area contributed by atoms with E-state index in [-0.39, 0.29) is 0 Å². The fourth-order valence-electron chi connectivity index (χ4n) is 2.50. The number of nitrogens with zero attached hydrogens (tertiary/aromatic N) is 3. The van der Waals surface area contributed by atoms with E-state index in [9.17, 15) is 0 Å². The van der Waals surface area contributed by atoms with Crippen LogP contribution in [0, 0.1) is 0 Å². The van der Waals surface area contributed by atoms with Gasteiger partial charge in [-0.25, -0.2) is 9.97 Å². The SMILES string of the molecule is c1cc(-c2ccnc(CC3CCCCN3)n2)ccn1. The molecule has 0 radical (unpaired) electrons. The molecule has 0 saturated carbocycles. The number of piperidine rings is 1. The van der Waals surface area contributed by atoms with Gasteiger partial charge in [-0.05, 0) is 37.6 Å². The maximum atomic E-state index is 4.66. The van der Waals surface area contributed by atoms with E-state index in [0.717, 1.165) is 30.0 Å². The first-order chi connectivity index (χ1) is 9.42. The second-order valence-electron chi connectivity index (χ2n) is 4.94. The maximum absolute atomic E-state index is 4.66. The summed E-state index contributed by atoms with van der Waals surface area (Å²) in [6.07, 6.45) is 10.2. The Morgan fingerprint density at radius 1 is 1.11 bits per heavy atom. The molecule has 1 atom stereocenters. The van der Waals surface area contributed by atoms with Gasteiger partial charge in [0, 0.05) is 36.6 Å². The van der Waals surface area contributed by atoms with Gasteiger partial charge in [0.1, 0.15) is 5.82 Å². The Bertz CT molecular complexity index is 521. The van der Waals surface area contributed by atoms with Gasteiger partial charge in [0.15, 0.2) is 0 Å². The van der Waals surface area contributed by atoms with Crippen molar-refractivity contribution in [3.8, 4) is 11.3 Å². The van der Waals surface area contributed by atoms with Crippen LogP contribution in [0.2, 0.25) is 0 Å². The van der Waals surface area contributed by atoms with Crippen LogP contribution in [0.3, 0.4) is 0 Å². The average molecular weight is 254 g/mol. The van der Waals surface area contributed by atoms with Crippen molar-refractivity contribution in [3.05, 3.63) is 42.6 Å². The molecule has 2 aromatic rings. The van der Waals surface area contributed by atoms with Crippen molar-refractivity contribution in [2.24, 2.45) is 0 Å². The minimum Gasteiger partial charge on any atom is -0.314 e. The number of pyridine rings is 1. The lowest BCUT2D eigenvalue weighted by Crippen LogP contribution is -2.36. The van der Waals surface area contributed by atoms with E-state index in [0.29, 0.717) is 6.04 Å². The van der Waals surface area contributed by atoms with E-state index < -0.39 is 0 Å². The molecule has 1 aliphatic heterocycles. The molecular weight excluding hydrogens is 236 g/mol. The molecule has 3 heterocycles. The third-order valence-corrected chi connectivity index (χ3v) is 3.52. The number of nitrogens with one attached hydrogen (secondary N) is 1. The summed E-state index contributed by atoms with van der Waals surface area (Å²) in [6.45, 7) is 1.12. The van der Waals surface area contributed by atoms with E-state index in [2.05, 4.69) is 20.3 Å². The minimum atomic E-state index is 0.529. The summed E-state index contributed by atoms with van der Waals surface area (Å²) in [4.78, 5) is 13.1. The van der Waals surface area contributed by atoms with Crippen LogP contribution < -0.4 is 5.32 Å². The number of aromatic nitrogens is 3. The maximum Gasteiger partial charge on any atom is 0.130 e. The van der Waals surface area contributed by atoms with Crippen LogP contribution in [0.1, 0.15) is 25.1 Å². The Labute approximate surface area is 113 Å². The van der Waals surface area contributed by atoms with Gasteiger partial charge in [-0.2, -0.15) is 0 Å². The lowest BCUT2D eigenvalue weighted by Gasteiger charge is -2.22. The Kier molecular flexibility index (Phi) is 3.79. The summed E-state index contributed by atoms with van der Waals surface area (Å²) < 4.78 is 0. The quantitative estimate of drug-likeness (QED) is 0.912. The summed E-state index contributed by atoms with van der Waals surface area (Å²) in [6, 6.07) is 6.43. The highest BCUT2D eigenvalue weighted by Crippen LogP contribution is 2.16. The average Bonchev–Trinajstić information content (AvgIpc) is 2.49. The number of hydrogen-bond donors (Lipinski definition) is 1. The number of rotatable bonds is 3. The van der Waals surface area contributed by atoms with Crippen LogP contribution in [-0.2, 0) is 6.42 Å². The van der Waals surface area contributed by atoms with Crippen molar-refractivity contribution in [3.63, 3.8) is 0 Å². The van der Waals surface area contributed by atoms with E-state index in [1.807, 2.05) is 24.4 Å². The fourth-order valence-corrected chi connectivity index (χ4v) is 2.50. The van der Waals surface area contributed by atoms with Gasteiger partial charge in [-0.3, -0.25) is 4.98 Å². The zero-order chi connectivity index (χ0) is 12.9. The smallest absolute Gasteiger partial charge is 0.130 e. The second kappa shape index (κ2) is 5.89. The molecule has 98 valence electrons. The lowest BCUT2D eigenvalue weighted by atomic mass is 10.0. The van der Waals surface area contributed by atoms with Gasteiger partial charge in [0.25, 0.3) is 0 Å². The molecule has 0 aromatic carbocycles. The third kappa shape index (κ3) is 3.15. The van der Waals surface area contributed by atoms with Crippen LogP contribution >= 0.6 is 0 Å². The van der Waals surface area contributed by atoms with Gasteiger partial charge in [0.05, 0.1) is 5.69 Å². The van der Waals surface area contributed by atoms with E-state index >= 15 is 0 Å². The van der Waals surface area contributed by atoms with E-state index in [4.69, 9.17) is 0 Å². The Morgan fingerprint density at radius 3 is 2.79 bits per heavy atom. The lowest BCUT2D eigenvalue weighted by molar-refractivity contribution is 0.394. The molecule has 0 amide bonds. The molecular formula is C15H18N4. The predicted octanol–water partition coefficient (Wildman–Crippen LogP) is 2.22. The fraction of sp³-hybridized carbons (Fsp3) is 0.400. The predicted molar refractivity (Wildman–Crippen MR) is 74.6 cm³/mol. The molecule has 1 unspecified atom stereocenters. The molecule has 0 spiro atoms. The molecule has 1 fully saturated rings. The van der Waals surface area contributed by atoms with Crippen molar-refractivity contribution in [1.29, 1.82) is 0 Å². The van der Waals surface area contributed by atoms with Gasteiger partial charge >= 0.3 is 0 Å². The summed E-state index contributed by atoms with van der Waals surface area (Å²) in [7, 11) is 0. The molecule has 2 aromatic heterocycles. The van der Waals surface area contributed by atoms with Crippen molar-refractivity contribution in [2.45, 2.75) is 31.7 Å². The molecule has 0 bridgehead atoms. The molecule has 0 aliphatic carbocycles. The molecule has 4 nitrogen and oxygen atoms in total. The van der Waals surface area contributed by atoms with Gasteiger partial charge in [-0.15, -0.1) is 0 Å². The Morgan fingerprint density at radius 2 is 2.00 bits per heavy atom. The van der Waals surface area contributed by atoms with Crippen molar-refractivity contribution in [2.75, 3.05) is 6.54 Å². The zero-order valence-corrected chi connectivity index (χ0v) is 10.9. The van der Waals surface area contributed by atoms with Crippen molar-refractivity contribution in [1.82, 2.24) is 20.3 Å². The van der Waals surface area contributed by atoms with E-state index in [1.165, 1.54) is 19.3 Å². The standard InChI is InChI=1S/C15H18N4/c1-2-7-17-13(3-1)11-15-18-10-6-14(19-15)12-4-8-16-9-5-12/h4-6,8-10,13,17H,1-3,7,11H2. The van der Waals surface area contributed by atoms with Gasteiger partial charge in [-0.1, -0.05) is 6.42 Å².